The lowest BCUT2D eigenvalue weighted by Crippen LogP contribution is -2.39. The summed E-state index contributed by atoms with van der Waals surface area (Å²) < 4.78 is 19.2. The van der Waals surface area contributed by atoms with Crippen molar-refractivity contribution in [3.63, 3.8) is 0 Å². The molecule has 8 nitrogen and oxygen atoms in total. The first-order valence-corrected chi connectivity index (χ1v) is 13.5. The summed E-state index contributed by atoms with van der Waals surface area (Å²) in [5, 5.41) is 0. The molecule has 0 unspecified atom stereocenters. The van der Waals surface area contributed by atoms with Crippen LogP contribution in [0.2, 0.25) is 0 Å². The third-order valence-corrected chi connectivity index (χ3v) is 7.78. The van der Waals surface area contributed by atoms with Crippen LogP contribution in [0.25, 0.3) is 6.08 Å². The van der Waals surface area contributed by atoms with Crippen LogP contribution in [0.15, 0.2) is 57.5 Å². The van der Waals surface area contributed by atoms with Crippen LogP contribution in [0, 0.1) is 3.57 Å². The van der Waals surface area contributed by atoms with Gasteiger partial charge in [0, 0.05) is 19.8 Å². The first-order valence-electron chi connectivity index (χ1n) is 11.6. The molecule has 2 heterocycles. The third kappa shape index (κ3) is 5.17. The van der Waals surface area contributed by atoms with Gasteiger partial charge in [0.05, 0.1) is 46.2 Å². The summed E-state index contributed by atoms with van der Waals surface area (Å²) in [5.41, 5.74) is 3.27. The van der Waals surface area contributed by atoms with E-state index < -0.39 is 12.0 Å². The molecule has 0 amide bonds. The van der Waals surface area contributed by atoms with E-state index in [4.69, 9.17) is 14.2 Å². The molecule has 10 heteroatoms. The summed E-state index contributed by atoms with van der Waals surface area (Å²) in [6, 6.07) is 10.9. The maximum Gasteiger partial charge on any atom is 0.338 e. The molecular weight excluding hydrogens is 605 g/mol. The Bertz CT molecular complexity index is 1550. The smallest absolute Gasteiger partial charge is 0.338 e. The van der Waals surface area contributed by atoms with Crippen molar-refractivity contribution in [2.45, 2.75) is 19.9 Å². The number of methoxy groups -OCH3 is 2. The van der Waals surface area contributed by atoms with Gasteiger partial charge in [0.25, 0.3) is 5.56 Å². The van der Waals surface area contributed by atoms with Crippen LogP contribution in [0.3, 0.4) is 0 Å². The van der Waals surface area contributed by atoms with Crippen LogP contribution in [-0.4, -0.2) is 45.5 Å². The molecule has 1 aromatic heterocycles. The number of fused-ring (bicyclic) bond motifs is 1. The monoisotopic (exact) mass is 633 g/mol. The second-order valence-corrected chi connectivity index (χ2v) is 10.7. The Morgan fingerprint density at radius 1 is 1.19 bits per heavy atom. The van der Waals surface area contributed by atoms with E-state index in [1.165, 1.54) is 11.3 Å². The van der Waals surface area contributed by atoms with Gasteiger partial charge < -0.3 is 19.1 Å². The molecule has 0 aliphatic carbocycles. The number of halogens is 1. The van der Waals surface area contributed by atoms with E-state index in [0.29, 0.717) is 32.1 Å². The minimum Gasteiger partial charge on any atom is -0.493 e. The SMILES string of the molecule is CCOC(=O)C1=C(C)N=c2sc(=Cc3cc(I)c(OC)c(OC)c3)c(=O)n2[C@H]1c1ccc(N(C)C)cc1. The maximum atomic E-state index is 13.8. The van der Waals surface area contributed by atoms with E-state index in [9.17, 15) is 9.59 Å². The van der Waals surface area contributed by atoms with Crippen molar-refractivity contribution in [2.75, 3.05) is 39.8 Å². The van der Waals surface area contributed by atoms with Crippen molar-refractivity contribution in [1.82, 2.24) is 4.57 Å². The molecule has 0 spiro atoms. The van der Waals surface area contributed by atoms with E-state index in [-0.39, 0.29) is 12.2 Å². The fraction of sp³-hybridized carbons (Fsp3) is 0.296. The van der Waals surface area contributed by atoms with E-state index in [1.54, 1.807) is 32.6 Å². The van der Waals surface area contributed by atoms with Gasteiger partial charge in [-0.2, -0.15) is 0 Å². The number of hydrogen-bond acceptors (Lipinski definition) is 8. The summed E-state index contributed by atoms with van der Waals surface area (Å²) >= 11 is 3.46. The van der Waals surface area contributed by atoms with Crippen molar-refractivity contribution in [3.05, 3.63) is 82.1 Å². The van der Waals surface area contributed by atoms with Crippen LogP contribution >= 0.6 is 33.9 Å². The van der Waals surface area contributed by atoms with Gasteiger partial charge in [-0.25, -0.2) is 9.79 Å². The zero-order valence-corrected chi connectivity index (χ0v) is 24.5. The van der Waals surface area contributed by atoms with Crippen LogP contribution in [0.5, 0.6) is 11.5 Å². The fourth-order valence-electron chi connectivity index (χ4n) is 4.23. The number of nitrogens with zero attached hydrogens (tertiary/aromatic N) is 3. The van der Waals surface area contributed by atoms with Crippen LogP contribution in [0.1, 0.15) is 31.0 Å². The number of thiazole rings is 1. The average Bonchev–Trinajstić information content (AvgIpc) is 3.17. The molecule has 2 aromatic carbocycles. The van der Waals surface area contributed by atoms with Gasteiger partial charge in [0.1, 0.15) is 0 Å². The molecule has 1 aliphatic rings. The van der Waals surface area contributed by atoms with Gasteiger partial charge in [-0.3, -0.25) is 9.36 Å². The van der Waals surface area contributed by atoms with E-state index in [1.807, 2.05) is 61.5 Å². The number of carbonyl (C=O) groups excluding carboxylic acids is 1. The third-order valence-electron chi connectivity index (χ3n) is 6.00. The number of carbonyl (C=O) groups is 1. The van der Waals surface area contributed by atoms with Crippen molar-refractivity contribution in [3.8, 4) is 11.5 Å². The second-order valence-electron chi connectivity index (χ2n) is 8.53. The lowest BCUT2D eigenvalue weighted by molar-refractivity contribution is -0.139. The molecule has 0 radical (unpaired) electrons. The lowest BCUT2D eigenvalue weighted by atomic mass is 9.95. The summed E-state index contributed by atoms with van der Waals surface area (Å²) in [4.78, 5) is 34.0. The molecule has 3 aromatic rings. The number of anilines is 1. The van der Waals surface area contributed by atoms with Gasteiger partial charge in [0.15, 0.2) is 16.3 Å². The highest BCUT2D eigenvalue weighted by atomic mass is 127. The van der Waals surface area contributed by atoms with Crippen molar-refractivity contribution in [2.24, 2.45) is 4.99 Å². The number of rotatable bonds is 7. The topological polar surface area (TPSA) is 82.4 Å². The molecule has 1 atom stereocenters. The molecule has 0 bridgehead atoms. The fourth-order valence-corrected chi connectivity index (χ4v) is 6.13. The Labute approximate surface area is 232 Å². The van der Waals surface area contributed by atoms with Crippen molar-refractivity contribution < 1.29 is 19.0 Å². The number of ether oxygens (including phenoxy) is 3. The highest BCUT2D eigenvalue weighted by Crippen LogP contribution is 2.34. The molecular formula is C27H28IN3O5S. The minimum absolute atomic E-state index is 0.226. The van der Waals surface area contributed by atoms with Gasteiger partial charge in [-0.1, -0.05) is 23.5 Å². The largest absolute Gasteiger partial charge is 0.493 e. The average molecular weight is 634 g/mol. The predicted molar refractivity (Wildman–Crippen MR) is 153 cm³/mol. The number of hydrogen-bond donors (Lipinski definition) is 0. The maximum absolute atomic E-state index is 13.8. The first kappa shape index (κ1) is 26.9. The quantitative estimate of drug-likeness (QED) is 0.293. The zero-order valence-electron chi connectivity index (χ0n) is 21.5. The van der Waals surface area contributed by atoms with Gasteiger partial charge in [-0.15, -0.1) is 0 Å². The van der Waals surface area contributed by atoms with Crippen LogP contribution in [0.4, 0.5) is 5.69 Å². The Balaban J connectivity index is 1.93. The molecule has 4 rings (SSSR count). The Hall–Kier alpha value is -3.12. The first-order chi connectivity index (χ1) is 17.7. The van der Waals surface area contributed by atoms with E-state index in [2.05, 4.69) is 27.6 Å². The predicted octanol–water partition coefficient (Wildman–Crippen LogP) is 3.49. The molecule has 0 fully saturated rings. The molecule has 37 heavy (non-hydrogen) atoms. The van der Waals surface area contributed by atoms with E-state index >= 15 is 0 Å². The summed E-state index contributed by atoms with van der Waals surface area (Å²) in [6.07, 6.45) is 1.81. The lowest BCUT2D eigenvalue weighted by Gasteiger charge is -2.25. The highest BCUT2D eigenvalue weighted by molar-refractivity contribution is 14.1. The number of aromatic nitrogens is 1. The van der Waals surface area contributed by atoms with Crippen molar-refractivity contribution in [1.29, 1.82) is 0 Å². The van der Waals surface area contributed by atoms with Crippen LogP contribution < -0.4 is 29.3 Å². The minimum atomic E-state index is -0.654. The van der Waals surface area contributed by atoms with E-state index in [0.717, 1.165) is 20.4 Å². The van der Waals surface area contributed by atoms with Gasteiger partial charge in [-0.05, 0) is 77.9 Å². The Morgan fingerprint density at radius 3 is 2.49 bits per heavy atom. The highest BCUT2D eigenvalue weighted by Gasteiger charge is 2.33. The molecule has 1 aliphatic heterocycles. The Morgan fingerprint density at radius 2 is 1.89 bits per heavy atom. The normalized spacial score (nSPS) is 15.2. The molecule has 0 saturated heterocycles. The summed E-state index contributed by atoms with van der Waals surface area (Å²) in [6.45, 7) is 3.76. The summed E-state index contributed by atoms with van der Waals surface area (Å²) in [7, 11) is 7.09. The molecule has 0 saturated carbocycles. The van der Waals surface area contributed by atoms with Gasteiger partial charge >= 0.3 is 5.97 Å². The standard InChI is InChI=1S/C27H28IN3O5S/c1-7-36-26(33)22-15(2)29-27-31(23(22)17-8-10-18(11-9-17)30(3)4)25(32)21(37-27)14-16-12-19(28)24(35-6)20(13-16)34-5/h8-14,23H,7H2,1-6H3/t23-/m0/s1. The van der Waals surface area contributed by atoms with Crippen molar-refractivity contribution >= 4 is 51.7 Å². The second kappa shape index (κ2) is 11.1. The summed E-state index contributed by atoms with van der Waals surface area (Å²) in [5.74, 6) is 0.736. The zero-order chi connectivity index (χ0) is 26.9. The molecule has 0 N–H and O–H groups in total. The number of benzene rings is 2. The Kier molecular flexibility index (Phi) is 8.08. The number of esters is 1. The van der Waals surface area contributed by atoms with Gasteiger partial charge in [0.2, 0.25) is 0 Å². The number of allylic oxidation sites excluding steroid dienone is 1. The molecule has 194 valence electrons. The van der Waals surface area contributed by atoms with Crippen LogP contribution in [-0.2, 0) is 9.53 Å².